The lowest BCUT2D eigenvalue weighted by atomic mass is 9.94. The van der Waals surface area contributed by atoms with E-state index in [2.05, 4.69) is 11.7 Å². The van der Waals surface area contributed by atoms with Crippen LogP contribution in [-0.4, -0.2) is 23.4 Å². The van der Waals surface area contributed by atoms with E-state index in [0.29, 0.717) is 0 Å². The van der Waals surface area contributed by atoms with E-state index >= 15 is 0 Å². The summed E-state index contributed by atoms with van der Waals surface area (Å²) >= 11 is 0. The maximum Gasteiger partial charge on any atom is 0.358 e. The van der Waals surface area contributed by atoms with Crippen LogP contribution in [0.15, 0.2) is 36.0 Å². The van der Waals surface area contributed by atoms with Gasteiger partial charge in [-0.15, -0.1) is 0 Å². The number of oxime groups is 1. The number of esters is 1. The molecule has 1 atom stereocenters. The van der Waals surface area contributed by atoms with Crippen molar-refractivity contribution in [1.29, 1.82) is 0 Å². The van der Waals surface area contributed by atoms with Gasteiger partial charge in [0.2, 0.25) is 0 Å². The van der Waals surface area contributed by atoms with Crippen LogP contribution in [0.3, 0.4) is 0 Å². The molecule has 0 spiro atoms. The molecule has 0 bridgehead atoms. The van der Waals surface area contributed by atoms with Crippen molar-refractivity contribution in [2.24, 2.45) is 5.16 Å². The third-order valence-electron chi connectivity index (χ3n) is 2.96. The van der Waals surface area contributed by atoms with Gasteiger partial charge in [0, 0.05) is 11.6 Å². The van der Waals surface area contributed by atoms with Gasteiger partial charge in [0.25, 0.3) is 5.60 Å². The Labute approximate surface area is 121 Å². The Morgan fingerprint density at radius 1 is 1.43 bits per heavy atom. The highest BCUT2D eigenvalue weighted by atomic mass is 19.1. The van der Waals surface area contributed by atoms with Crippen molar-refractivity contribution < 1.29 is 23.1 Å². The molecule has 0 radical (unpaired) electrons. The zero-order chi connectivity index (χ0) is 15.6. The third kappa shape index (κ3) is 3.09. The van der Waals surface area contributed by atoms with Crippen molar-refractivity contribution in [1.82, 2.24) is 0 Å². The van der Waals surface area contributed by atoms with Crippen LogP contribution in [0.25, 0.3) is 0 Å². The summed E-state index contributed by atoms with van der Waals surface area (Å²) in [5.41, 5.74) is -0.981. The zero-order valence-corrected chi connectivity index (χ0v) is 11.7. The van der Waals surface area contributed by atoms with E-state index in [0.717, 1.165) is 18.2 Å². The van der Waals surface area contributed by atoms with Crippen molar-refractivity contribution in [2.45, 2.75) is 32.0 Å². The number of hydrogen-bond acceptors (Lipinski definition) is 4. The van der Waals surface area contributed by atoms with Gasteiger partial charge in [0.15, 0.2) is 0 Å². The van der Waals surface area contributed by atoms with E-state index in [-0.39, 0.29) is 23.8 Å². The second-order valence-electron chi connectivity index (χ2n) is 5.01. The maximum atomic E-state index is 13.2. The lowest BCUT2D eigenvalue weighted by Gasteiger charge is -2.21. The monoisotopic (exact) mass is 295 g/mol. The van der Waals surface area contributed by atoms with Crippen LogP contribution in [0.5, 0.6) is 0 Å². The Morgan fingerprint density at radius 3 is 2.57 bits per heavy atom. The minimum Gasteiger partial charge on any atom is -0.460 e. The molecule has 1 aliphatic heterocycles. The van der Waals surface area contributed by atoms with Gasteiger partial charge in [-0.3, -0.25) is 0 Å². The largest absolute Gasteiger partial charge is 0.460 e. The average Bonchev–Trinajstić information content (AvgIpc) is 2.82. The second kappa shape index (κ2) is 5.63. The minimum absolute atomic E-state index is 0.00491. The molecule has 0 N–H and O–H groups in total. The number of ether oxygens (including phenoxy) is 1. The Balaban J connectivity index is 2.24. The van der Waals surface area contributed by atoms with Crippen molar-refractivity contribution >= 4 is 11.7 Å². The number of carbonyl (C=O) groups is 1. The molecule has 0 fully saturated rings. The fourth-order valence-electron chi connectivity index (χ4n) is 1.94. The molecule has 4 nitrogen and oxygen atoms in total. The smallest absolute Gasteiger partial charge is 0.358 e. The molecule has 0 amide bonds. The predicted octanol–water partition coefficient (Wildman–Crippen LogP) is 2.97. The molecule has 1 aliphatic rings. The number of benzene rings is 1. The first-order valence-corrected chi connectivity index (χ1v) is 6.42. The van der Waals surface area contributed by atoms with Gasteiger partial charge in [-0.05, 0) is 32.1 Å². The quantitative estimate of drug-likeness (QED) is 0.634. The minimum atomic E-state index is -1.46. The summed E-state index contributed by atoms with van der Waals surface area (Å²) in [4.78, 5) is 17.2. The van der Waals surface area contributed by atoms with Crippen molar-refractivity contribution in [3.8, 4) is 0 Å². The van der Waals surface area contributed by atoms with Crippen LogP contribution in [0.4, 0.5) is 8.78 Å². The Bertz CT molecular complexity index is 593. The van der Waals surface area contributed by atoms with Crippen molar-refractivity contribution in [2.75, 3.05) is 0 Å². The Kier molecular flexibility index (Phi) is 4.06. The molecule has 6 heteroatoms. The molecular formula is C15H15F2NO3. The van der Waals surface area contributed by atoms with Crippen LogP contribution in [0, 0.1) is 11.6 Å². The van der Waals surface area contributed by atoms with Gasteiger partial charge in [-0.25, -0.2) is 13.6 Å². The first-order valence-electron chi connectivity index (χ1n) is 6.42. The second-order valence-corrected chi connectivity index (χ2v) is 5.01. The number of rotatable bonds is 4. The standard InChI is InChI=1S/C15H15F2NO3/c1-4-15(14(19)20-9(2)3)8-13(18-21-15)10-5-11(16)7-12(17)6-10/h4-7,9H,1,8H2,2-3H3. The molecule has 0 saturated carbocycles. The summed E-state index contributed by atoms with van der Waals surface area (Å²) in [6.07, 6.45) is 0.961. The van der Waals surface area contributed by atoms with Gasteiger partial charge >= 0.3 is 5.97 Å². The lowest BCUT2D eigenvalue weighted by molar-refractivity contribution is -0.167. The van der Waals surface area contributed by atoms with Crippen LogP contribution >= 0.6 is 0 Å². The highest BCUT2D eigenvalue weighted by Crippen LogP contribution is 2.30. The molecule has 112 valence electrons. The molecule has 0 aliphatic carbocycles. The molecule has 2 rings (SSSR count). The topological polar surface area (TPSA) is 47.9 Å². The van der Waals surface area contributed by atoms with Crippen molar-refractivity contribution in [3.05, 3.63) is 48.1 Å². The number of carbonyl (C=O) groups excluding carboxylic acids is 1. The van der Waals surface area contributed by atoms with Gasteiger partial charge in [-0.1, -0.05) is 11.7 Å². The Hall–Kier alpha value is -2.24. The SMILES string of the molecule is C=CC1(C(=O)OC(C)C)CC(c2cc(F)cc(F)c2)=NO1. The average molecular weight is 295 g/mol. The first-order chi connectivity index (χ1) is 9.86. The number of halogens is 2. The van der Waals surface area contributed by atoms with Gasteiger partial charge < -0.3 is 9.57 Å². The van der Waals surface area contributed by atoms with E-state index in [1.807, 2.05) is 0 Å². The molecule has 1 aromatic carbocycles. The van der Waals surface area contributed by atoms with Crippen LogP contribution in [0.2, 0.25) is 0 Å². The molecule has 0 aromatic heterocycles. The van der Waals surface area contributed by atoms with E-state index in [9.17, 15) is 13.6 Å². The zero-order valence-electron chi connectivity index (χ0n) is 11.7. The van der Waals surface area contributed by atoms with Crippen molar-refractivity contribution in [3.63, 3.8) is 0 Å². The molecule has 21 heavy (non-hydrogen) atoms. The highest BCUT2D eigenvalue weighted by Gasteiger charge is 2.46. The van der Waals surface area contributed by atoms with Gasteiger partial charge in [-0.2, -0.15) is 0 Å². The summed E-state index contributed by atoms with van der Waals surface area (Å²) in [5, 5.41) is 3.75. The number of nitrogens with zero attached hydrogens (tertiary/aromatic N) is 1. The summed E-state index contributed by atoms with van der Waals surface area (Å²) < 4.78 is 31.6. The fraction of sp³-hybridized carbons (Fsp3) is 0.333. The van der Waals surface area contributed by atoms with E-state index < -0.39 is 23.2 Å². The lowest BCUT2D eigenvalue weighted by Crippen LogP contribution is -2.39. The van der Waals surface area contributed by atoms with E-state index in [1.54, 1.807) is 13.8 Å². The molecular weight excluding hydrogens is 280 g/mol. The predicted molar refractivity (Wildman–Crippen MR) is 72.8 cm³/mol. The summed E-state index contributed by atoms with van der Waals surface area (Å²) in [7, 11) is 0. The normalized spacial score (nSPS) is 20.9. The summed E-state index contributed by atoms with van der Waals surface area (Å²) in [6, 6.07) is 3.00. The Morgan fingerprint density at radius 2 is 2.05 bits per heavy atom. The van der Waals surface area contributed by atoms with Gasteiger partial charge in [0.05, 0.1) is 18.2 Å². The van der Waals surface area contributed by atoms with E-state index in [4.69, 9.17) is 9.57 Å². The summed E-state index contributed by atoms with van der Waals surface area (Å²) in [5.74, 6) is -2.09. The molecule has 1 heterocycles. The van der Waals surface area contributed by atoms with Crippen LogP contribution < -0.4 is 0 Å². The fourth-order valence-corrected chi connectivity index (χ4v) is 1.94. The molecule has 0 saturated heterocycles. The summed E-state index contributed by atoms with van der Waals surface area (Å²) in [6.45, 7) is 6.96. The molecule has 1 aromatic rings. The molecule has 1 unspecified atom stereocenters. The van der Waals surface area contributed by atoms with E-state index in [1.165, 1.54) is 6.08 Å². The highest BCUT2D eigenvalue weighted by molar-refractivity contribution is 6.05. The number of hydrogen-bond donors (Lipinski definition) is 0. The maximum absolute atomic E-state index is 13.2. The third-order valence-corrected chi connectivity index (χ3v) is 2.96. The van der Waals surface area contributed by atoms with Crippen LogP contribution in [-0.2, 0) is 14.4 Å². The first kappa shape index (κ1) is 15.2. The van der Waals surface area contributed by atoms with Gasteiger partial charge in [0.1, 0.15) is 11.6 Å². The van der Waals surface area contributed by atoms with Crippen LogP contribution in [0.1, 0.15) is 25.8 Å².